The number of nitrogens with zero attached hydrogens (tertiary/aromatic N) is 1. The molecule has 0 radical (unpaired) electrons. The predicted molar refractivity (Wildman–Crippen MR) is 139 cm³/mol. The third-order valence-corrected chi connectivity index (χ3v) is 7.08. The number of hydrogen-bond acceptors (Lipinski definition) is 4. The number of thioether (sulfide) groups is 1. The van der Waals surface area contributed by atoms with E-state index in [-0.39, 0.29) is 17.7 Å². The fourth-order valence-electron chi connectivity index (χ4n) is 4.11. The molecule has 3 amide bonds. The van der Waals surface area contributed by atoms with Crippen molar-refractivity contribution in [3.05, 3.63) is 54.1 Å². The summed E-state index contributed by atoms with van der Waals surface area (Å²) < 4.78 is 0. The number of anilines is 2. The number of nitrogens with one attached hydrogen (secondary N) is 2. The van der Waals surface area contributed by atoms with Gasteiger partial charge in [0, 0.05) is 35.8 Å². The lowest BCUT2D eigenvalue weighted by molar-refractivity contribution is -0.129. The Labute approximate surface area is 206 Å². The van der Waals surface area contributed by atoms with Crippen LogP contribution in [-0.2, 0) is 9.59 Å². The van der Waals surface area contributed by atoms with Crippen LogP contribution in [0.2, 0.25) is 0 Å². The van der Waals surface area contributed by atoms with Crippen molar-refractivity contribution in [3.8, 4) is 0 Å². The first-order valence-electron chi connectivity index (χ1n) is 12.0. The fourth-order valence-corrected chi connectivity index (χ4v) is 5.09. The second kappa shape index (κ2) is 12.6. The molecule has 182 valence electrons. The van der Waals surface area contributed by atoms with Gasteiger partial charge in [0.1, 0.15) is 0 Å². The number of carbonyl (C=O) groups is 3. The molecule has 1 saturated carbocycles. The Bertz CT molecular complexity index is 985. The highest BCUT2D eigenvalue weighted by molar-refractivity contribution is 8.00. The summed E-state index contributed by atoms with van der Waals surface area (Å²) in [7, 11) is 1.90. The number of carbonyl (C=O) groups excluding carboxylic acids is 3. The molecule has 2 N–H and O–H groups in total. The fraction of sp³-hybridized carbons (Fsp3) is 0.444. The second-order valence-corrected chi connectivity index (χ2v) is 10.3. The standard InChI is InChI=1S/C27H35N3O3S/c1-19(2)17-25(31)28-20-13-15-21(16-14-20)29-27(33)23-11-7-8-12-24(23)34-18-26(32)30(3)22-9-5-4-6-10-22/h7-8,11-16,19,22H,4-6,9-10,17-18H2,1-3H3,(H,28,31)(H,29,33). The van der Waals surface area contributed by atoms with Crippen molar-refractivity contribution in [1.82, 2.24) is 4.90 Å². The first-order chi connectivity index (χ1) is 16.3. The van der Waals surface area contributed by atoms with Crippen LogP contribution in [0, 0.1) is 5.92 Å². The van der Waals surface area contributed by atoms with Crippen molar-refractivity contribution in [2.75, 3.05) is 23.4 Å². The van der Waals surface area contributed by atoms with E-state index in [2.05, 4.69) is 10.6 Å². The van der Waals surface area contributed by atoms with Crippen LogP contribution in [0.25, 0.3) is 0 Å². The van der Waals surface area contributed by atoms with Gasteiger partial charge in [-0.2, -0.15) is 0 Å². The lowest BCUT2D eigenvalue weighted by atomic mass is 9.94. The largest absolute Gasteiger partial charge is 0.342 e. The van der Waals surface area contributed by atoms with Crippen molar-refractivity contribution in [3.63, 3.8) is 0 Å². The molecule has 7 heteroatoms. The zero-order valence-electron chi connectivity index (χ0n) is 20.3. The molecule has 0 aromatic heterocycles. The van der Waals surface area contributed by atoms with E-state index in [1.807, 2.05) is 44.0 Å². The summed E-state index contributed by atoms with van der Waals surface area (Å²) in [4.78, 5) is 40.3. The molecule has 1 aliphatic carbocycles. The van der Waals surface area contributed by atoms with Gasteiger partial charge < -0.3 is 15.5 Å². The van der Waals surface area contributed by atoms with E-state index >= 15 is 0 Å². The molecule has 6 nitrogen and oxygen atoms in total. The number of hydrogen-bond donors (Lipinski definition) is 2. The Morgan fingerprint density at radius 1 is 0.941 bits per heavy atom. The van der Waals surface area contributed by atoms with Gasteiger partial charge in [0.25, 0.3) is 5.91 Å². The lowest BCUT2D eigenvalue weighted by Crippen LogP contribution is -2.39. The van der Waals surface area contributed by atoms with Gasteiger partial charge in [-0.15, -0.1) is 11.8 Å². The minimum absolute atomic E-state index is 0.0265. The maximum Gasteiger partial charge on any atom is 0.256 e. The van der Waals surface area contributed by atoms with E-state index in [9.17, 15) is 14.4 Å². The van der Waals surface area contributed by atoms with E-state index in [1.54, 1.807) is 30.3 Å². The Morgan fingerprint density at radius 3 is 2.21 bits per heavy atom. The smallest absolute Gasteiger partial charge is 0.256 e. The molecule has 0 unspecified atom stereocenters. The Balaban J connectivity index is 1.57. The molecule has 0 bridgehead atoms. The van der Waals surface area contributed by atoms with Gasteiger partial charge in [-0.25, -0.2) is 0 Å². The number of benzene rings is 2. The number of amides is 3. The Hall–Kier alpha value is -2.80. The average Bonchev–Trinajstić information content (AvgIpc) is 2.83. The normalized spacial score (nSPS) is 14.0. The van der Waals surface area contributed by atoms with E-state index in [0.717, 1.165) is 17.7 Å². The summed E-state index contributed by atoms with van der Waals surface area (Å²) in [5, 5.41) is 5.78. The Morgan fingerprint density at radius 2 is 1.56 bits per heavy atom. The van der Waals surface area contributed by atoms with Crippen LogP contribution < -0.4 is 10.6 Å². The van der Waals surface area contributed by atoms with Gasteiger partial charge in [0.2, 0.25) is 11.8 Å². The molecule has 0 saturated heterocycles. The Kier molecular flexibility index (Phi) is 9.57. The number of rotatable bonds is 9. The van der Waals surface area contributed by atoms with Crippen LogP contribution in [0.3, 0.4) is 0 Å². The van der Waals surface area contributed by atoms with Crippen LogP contribution in [0.5, 0.6) is 0 Å². The van der Waals surface area contributed by atoms with Crippen molar-refractivity contribution < 1.29 is 14.4 Å². The molecule has 34 heavy (non-hydrogen) atoms. The molecule has 0 heterocycles. The third kappa shape index (κ3) is 7.62. The molecule has 3 rings (SSSR count). The topological polar surface area (TPSA) is 78.5 Å². The van der Waals surface area contributed by atoms with Crippen molar-refractivity contribution in [1.29, 1.82) is 0 Å². The van der Waals surface area contributed by atoms with E-state index in [1.165, 1.54) is 31.0 Å². The van der Waals surface area contributed by atoms with Crippen LogP contribution in [0.1, 0.15) is 62.7 Å². The minimum Gasteiger partial charge on any atom is -0.342 e. The molecular formula is C27H35N3O3S. The molecule has 2 aromatic rings. The van der Waals surface area contributed by atoms with Crippen LogP contribution >= 0.6 is 11.8 Å². The van der Waals surface area contributed by atoms with Crippen molar-refractivity contribution in [2.45, 2.75) is 63.3 Å². The van der Waals surface area contributed by atoms with Crippen LogP contribution in [-0.4, -0.2) is 41.5 Å². The summed E-state index contributed by atoms with van der Waals surface area (Å²) in [6, 6.07) is 14.8. The molecule has 0 atom stereocenters. The summed E-state index contributed by atoms with van der Waals surface area (Å²) in [6.07, 6.45) is 6.24. The zero-order chi connectivity index (χ0) is 24.5. The van der Waals surface area contributed by atoms with E-state index < -0.39 is 0 Å². The van der Waals surface area contributed by atoms with Gasteiger partial charge >= 0.3 is 0 Å². The van der Waals surface area contributed by atoms with Gasteiger partial charge in [-0.1, -0.05) is 45.2 Å². The van der Waals surface area contributed by atoms with Crippen LogP contribution in [0.15, 0.2) is 53.4 Å². The highest BCUT2D eigenvalue weighted by atomic mass is 32.2. The summed E-state index contributed by atoms with van der Waals surface area (Å²) >= 11 is 1.40. The van der Waals surface area contributed by atoms with Crippen molar-refractivity contribution >= 4 is 40.9 Å². The van der Waals surface area contributed by atoms with Gasteiger partial charge in [-0.05, 0) is 55.2 Å². The van der Waals surface area contributed by atoms with Gasteiger partial charge in [0.15, 0.2) is 0 Å². The van der Waals surface area contributed by atoms with E-state index in [4.69, 9.17) is 0 Å². The highest BCUT2D eigenvalue weighted by Gasteiger charge is 2.22. The van der Waals surface area contributed by atoms with Crippen LogP contribution in [0.4, 0.5) is 11.4 Å². The average molecular weight is 482 g/mol. The second-order valence-electron chi connectivity index (χ2n) is 9.26. The maximum absolute atomic E-state index is 13.0. The van der Waals surface area contributed by atoms with Gasteiger partial charge in [-0.3, -0.25) is 14.4 Å². The molecular weight excluding hydrogens is 446 g/mol. The highest BCUT2D eigenvalue weighted by Crippen LogP contribution is 2.26. The summed E-state index contributed by atoms with van der Waals surface area (Å²) in [5.41, 5.74) is 1.87. The molecule has 1 aliphatic rings. The molecule has 1 fully saturated rings. The third-order valence-electron chi connectivity index (χ3n) is 6.02. The maximum atomic E-state index is 13.0. The molecule has 2 aromatic carbocycles. The SMILES string of the molecule is CC(C)CC(=O)Nc1ccc(NC(=O)c2ccccc2SCC(=O)N(C)C2CCCCC2)cc1. The van der Waals surface area contributed by atoms with E-state index in [0.29, 0.717) is 41.1 Å². The first-order valence-corrected chi connectivity index (χ1v) is 13.0. The first kappa shape index (κ1) is 25.8. The summed E-state index contributed by atoms with van der Waals surface area (Å²) in [6.45, 7) is 4.00. The monoisotopic (exact) mass is 481 g/mol. The zero-order valence-corrected chi connectivity index (χ0v) is 21.1. The molecule has 0 spiro atoms. The lowest BCUT2D eigenvalue weighted by Gasteiger charge is -2.31. The van der Waals surface area contributed by atoms with Gasteiger partial charge in [0.05, 0.1) is 11.3 Å². The predicted octanol–water partition coefficient (Wildman–Crippen LogP) is 5.81. The molecule has 0 aliphatic heterocycles. The quantitative estimate of drug-likeness (QED) is 0.443. The van der Waals surface area contributed by atoms with Crippen molar-refractivity contribution in [2.24, 2.45) is 5.92 Å². The minimum atomic E-state index is -0.229. The summed E-state index contributed by atoms with van der Waals surface area (Å²) in [5.74, 6) is 0.443.